The molecule has 1 atom stereocenters. The quantitative estimate of drug-likeness (QED) is 0.732. The van der Waals surface area contributed by atoms with Gasteiger partial charge in [-0.25, -0.2) is 9.97 Å². The van der Waals surface area contributed by atoms with Gasteiger partial charge >= 0.3 is 0 Å². The highest BCUT2D eigenvalue weighted by atomic mass is 79.9. The van der Waals surface area contributed by atoms with E-state index in [1.165, 1.54) is 6.33 Å². The van der Waals surface area contributed by atoms with E-state index in [9.17, 15) is 4.79 Å². The highest BCUT2D eigenvalue weighted by Gasteiger charge is 2.13. The number of primary amides is 1. The number of halogens is 1. The van der Waals surface area contributed by atoms with Crippen LogP contribution in [0.25, 0.3) is 10.9 Å². The number of carbonyl (C=O) groups excluding carboxylic acids is 1. The summed E-state index contributed by atoms with van der Waals surface area (Å²) in [4.78, 5) is 20.0. The Bertz CT molecular complexity index is 881. The molecule has 3 rings (SSSR count). The number of anilines is 2. The molecule has 6 heteroatoms. The van der Waals surface area contributed by atoms with Gasteiger partial charge in [-0.05, 0) is 42.8 Å². The number of nitrogens with two attached hydrogens (primary N) is 1. The Morgan fingerprint density at radius 3 is 2.78 bits per heavy atom. The van der Waals surface area contributed by atoms with Crippen LogP contribution in [0.3, 0.4) is 0 Å². The predicted octanol–water partition coefficient (Wildman–Crippen LogP) is 3.72. The highest BCUT2D eigenvalue weighted by Crippen LogP contribution is 2.27. The topological polar surface area (TPSA) is 80.9 Å². The van der Waals surface area contributed by atoms with Crippen LogP contribution >= 0.6 is 15.9 Å². The third-order valence-electron chi connectivity index (χ3n) is 3.67. The van der Waals surface area contributed by atoms with Crippen LogP contribution in [0.1, 0.15) is 18.4 Å². The number of fused-ring (bicyclic) bond motifs is 1. The van der Waals surface area contributed by atoms with Crippen LogP contribution in [0.15, 0.2) is 53.3 Å². The lowest BCUT2D eigenvalue weighted by Crippen LogP contribution is -2.18. The van der Waals surface area contributed by atoms with Crippen molar-refractivity contribution < 1.29 is 4.79 Å². The predicted molar refractivity (Wildman–Crippen MR) is 94.6 cm³/mol. The Kier molecular flexibility index (Phi) is 4.25. The zero-order valence-electron chi connectivity index (χ0n) is 12.5. The molecule has 0 radical (unpaired) electrons. The van der Waals surface area contributed by atoms with Crippen LogP contribution in [0, 0.1) is 0 Å². The number of carbonyl (C=O) groups is 1. The maximum Gasteiger partial charge on any atom is 0.224 e. The molecule has 1 unspecified atom stereocenters. The van der Waals surface area contributed by atoms with E-state index < -0.39 is 0 Å². The van der Waals surface area contributed by atoms with E-state index in [1.807, 2.05) is 42.5 Å². The van der Waals surface area contributed by atoms with E-state index >= 15 is 0 Å². The van der Waals surface area contributed by atoms with Gasteiger partial charge in [0.25, 0.3) is 0 Å². The van der Waals surface area contributed by atoms with Crippen LogP contribution in [-0.4, -0.2) is 15.9 Å². The first-order valence-corrected chi connectivity index (χ1v) is 7.90. The Balaban J connectivity index is 2.06. The summed E-state index contributed by atoms with van der Waals surface area (Å²) in [5.74, 6) is -0.0346. The van der Waals surface area contributed by atoms with Crippen molar-refractivity contribution in [1.29, 1.82) is 0 Å². The number of benzene rings is 2. The third kappa shape index (κ3) is 3.32. The van der Waals surface area contributed by atoms with Gasteiger partial charge in [0.2, 0.25) is 5.91 Å². The number of amides is 1. The lowest BCUT2D eigenvalue weighted by Gasteiger charge is -2.12. The van der Waals surface area contributed by atoms with E-state index in [0.717, 1.165) is 26.6 Å². The van der Waals surface area contributed by atoms with Crippen molar-refractivity contribution >= 4 is 44.2 Å². The van der Waals surface area contributed by atoms with Gasteiger partial charge in [-0.15, -0.1) is 0 Å². The van der Waals surface area contributed by atoms with Crippen molar-refractivity contribution in [2.75, 3.05) is 5.32 Å². The summed E-state index contributed by atoms with van der Waals surface area (Å²) in [5, 5.41) is 4.13. The fourth-order valence-electron chi connectivity index (χ4n) is 2.31. The minimum absolute atomic E-state index is 0.359. The summed E-state index contributed by atoms with van der Waals surface area (Å²) in [7, 11) is 0. The molecule has 0 fully saturated rings. The SMILES string of the molecule is CC(C(N)=O)c1ccc2ncnc(Nc3cccc(Br)c3)c2c1. The molecule has 0 aliphatic heterocycles. The van der Waals surface area contributed by atoms with Crippen molar-refractivity contribution in [1.82, 2.24) is 9.97 Å². The van der Waals surface area contributed by atoms with Crippen molar-refractivity contribution in [2.45, 2.75) is 12.8 Å². The van der Waals surface area contributed by atoms with Crippen molar-refractivity contribution in [2.24, 2.45) is 5.73 Å². The van der Waals surface area contributed by atoms with Crippen molar-refractivity contribution in [3.63, 3.8) is 0 Å². The zero-order chi connectivity index (χ0) is 16.4. The standard InChI is InChI=1S/C17H15BrN4O/c1-10(16(19)23)11-5-6-15-14(7-11)17(21-9-20-15)22-13-4-2-3-12(18)8-13/h2-10H,1H3,(H2,19,23)(H,20,21,22). The molecule has 1 heterocycles. The van der Waals surface area contributed by atoms with Crippen LogP contribution in [0.2, 0.25) is 0 Å². The molecule has 0 aliphatic rings. The van der Waals surface area contributed by atoms with Crippen molar-refractivity contribution in [3.05, 3.63) is 58.8 Å². The first-order chi connectivity index (χ1) is 11.0. The molecular formula is C17H15BrN4O. The molecule has 23 heavy (non-hydrogen) atoms. The van der Waals surface area contributed by atoms with E-state index in [-0.39, 0.29) is 11.8 Å². The molecule has 0 saturated heterocycles. The molecular weight excluding hydrogens is 356 g/mol. The second-order valence-electron chi connectivity index (χ2n) is 5.26. The van der Waals surface area contributed by atoms with Gasteiger partial charge in [0, 0.05) is 15.5 Å². The van der Waals surface area contributed by atoms with E-state index in [4.69, 9.17) is 5.73 Å². The molecule has 0 spiro atoms. The Hall–Kier alpha value is -2.47. The summed E-state index contributed by atoms with van der Waals surface area (Å²) >= 11 is 3.45. The minimum Gasteiger partial charge on any atom is -0.369 e. The number of rotatable bonds is 4. The van der Waals surface area contributed by atoms with Gasteiger partial charge in [0.05, 0.1) is 11.4 Å². The number of nitrogens with one attached hydrogen (secondary N) is 1. The maximum absolute atomic E-state index is 11.4. The maximum atomic E-state index is 11.4. The second kappa shape index (κ2) is 6.34. The van der Waals surface area contributed by atoms with E-state index in [1.54, 1.807) is 6.92 Å². The summed E-state index contributed by atoms with van der Waals surface area (Å²) < 4.78 is 0.976. The Morgan fingerprint density at radius 2 is 2.04 bits per heavy atom. The fourth-order valence-corrected chi connectivity index (χ4v) is 2.71. The Labute approximate surface area is 142 Å². The molecule has 5 nitrogen and oxygen atoms in total. The first-order valence-electron chi connectivity index (χ1n) is 7.11. The molecule has 3 aromatic rings. The van der Waals surface area contributed by atoms with Crippen LogP contribution < -0.4 is 11.1 Å². The average Bonchev–Trinajstić information content (AvgIpc) is 2.54. The largest absolute Gasteiger partial charge is 0.369 e. The number of hydrogen-bond acceptors (Lipinski definition) is 4. The molecule has 1 amide bonds. The summed E-state index contributed by atoms with van der Waals surface area (Å²) in [5.41, 5.74) is 7.96. The summed E-state index contributed by atoms with van der Waals surface area (Å²) in [6, 6.07) is 13.5. The smallest absolute Gasteiger partial charge is 0.224 e. The molecule has 0 saturated carbocycles. The number of hydrogen-bond donors (Lipinski definition) is 2. The Morgan fingerprint density at radius 1 is 1.22 bits per heavy atom. The zero-order valence-corrected chi connectivity index (χ0v) is 14.0. The molecule has 1 aromatic heterocycles. The lowest BCUT2D eigenvalue weighted by molar-refractivity contribution is -0.119. The number of aromatic nitrogens is 2. The van der Waals surface area contributed by atoms with Crippen LogP contribution in [-0.2, 0) is 4.79 Å². The minimum atomic E-state index is -0.363. The van der Waals surface area contributed by atoms with Crippen LogP contribution in [0.4, 0.5) is 11.5 Å². The van der Waals surface area contributed by atoms with Gasteiger partial charge in [0.1, 0.15) is 12.1 Å². The van der Waals surface area contributed by atoms with Gasteiger partial charge in [-0.3, -0.25) is 4.79 Å². The molecule has 3 N–H and O–H groups in total. The van der Waals surface area contributed by atoms with Gasteiger partial charge < -0.3 is 11.1 Å². The normalized spacial score (nSPS) is 12.1. The highest BCUT2D eigenvalue weighted by molar-refractivity contribution is 9.10. The molecule has 116 valence electrons. The monoisotopic (exact) mass is 370 g/mol. The van der Waals surface area contributed by atoms with Crippen molar-refractivity contribution in [3.8, 4) is 0 Å². The van der Waals surface area contributed by atoms with Gasteiger partial charge in [-0.1, -0.05) is 28.1 Å². The first kappa shape index (κ1) is 15.4. The average molecular weight is 371 g/mol. The second-order valence-corrected chi connectivity index (χ2v) is 6.17. The lowest BCUT2D eigenvalue weighted by atomic mass is 9.99. The summed E-state index contributed by atoms with van der Waals surface area (Å²) in [6.07, 6.45) is 1.51. The van der Waals surface area contributed by atoms with E-state index in [0.29, 0.717) is 5.82 Å². The van der Waals surface area contributed by atoms with Gasteiger partial charge in [-0.2, -0.15) is 0 Å². The van der Waals surface area contributed by atoms with Gasteiger partial charge in [0.15, 0.2) is 0 Å². The van der Waals surface area contributed by atoms with E-state index in [2.05, 4.69) is 31.2 Å². The van der Waals surface area contributed by atoms with Crippen LogP contribution in [0.5, 0.6) is 0 Å². The molecule has 0 aliphatic carbocycles. The fraction of sp³-hybridized carbons (Fsp3) is 0.118. The molecule has 0 bridgehead atoms. The summed E-state index contributed by atoms with van der Waals surface area (Å²) in [6.45, 7) is 1.79. The number of nitrogens with zero attached hydrogens (tertiary/aromatic N) is 2. The molecule has 2 aromatic carbocycles. The third-order valence-corrected chi connectivity index (χ3v) is 4.17.